The van der Waals surface area contributed by atoms with Crippen LogP contribution in [0.5, 0.6) is 5.75 Å². The fourth-order valence-electron chi connectivity index (χ4n) is 1.93. The second-order valence-corrected chi connectivity index (χ2v) is 5.14. The van der Waals surface area contributed by atoms with Crippen LogP contribution in [0.3, 0.4) is 0 Å². The highest BCUT2D eigenvalue weighted by atomic mass is 19.1. The van der Waals surface area contributed by atoms with Gasteiger partial charge in [0.05, 0.1) is 13.5 Å². The summed E-state index contributed by atoms with van der Waals surface area (Å²) in [5, 5.41) is 8.75. The van der Waals surface area contributed by atoms with Crippen molar-refractivity contribution in [3.63, 3.8) is 0 Å². The second kappa shape index (κ2) is 7.61. The van der Waals surface area contributed by atoms with Gasteiger partial charge in [-0.15, -0.1) is 0 Å². The van der Waals surface area contributed by atoms with E-state index < -0.39 is 11.8 Å². The maximum absolute atomic E-state index is 13.7. The van der Waals surface area contributed by atoms with E-state index in [0.717, 1.165) is 6.07 Å². The number of ether oxygens (including phenoxy) is 1. The van der Waals surface area contributed by atoms with Crippen LogP contribution in [0, 0.1) is 11.7 Å². The van der Waals surface area contributed by atoms with E-state index in [1.54, 1.807) is 0 Å². The number of rotatable bonds is 7. The van der Waals surface area contributed by atoms with Crippen LogP contribution >= 0.6 is 0 Å². The van der Waals surface area contributed by atoms with Crippen LogP contribution in [0.1, 0.15) is 30.6 Å². The average Bonchev–Trinajstić information content (AvgIpc) is 2.42. The van der Waals surface area contributed by atoms with E-state index in [-0.39, 0.29) is 36.1 Å². The highest BCUT2D eigenvalue weighted by Gasteiger charge is 2.19. The summed E-state index contributed by atoms with van der Waals surface area (Å²) >= 11 is 0. The Hall–Kier alpha value is -2.11. The summed E-state index contributed by atoms with van der Waals surface area (Å²) in [7, 11) is 1.35. The minimum atomic E-state index is -0.975. The molecular formula is C15H20FNO4. The molecule has 5 nitrogen and oxygen atoms in total. The van der Waals surface area contributed by atoms with Gasteiger partial charge in [-0.2, -0.15) is 0 Å². The van der Waals surface area contributed by atoms with Gasteiger partial charge in [-0.1, -0.05) is 13.8 Å². The van der Waals surface area contributed by atoms with Crippen LogP contribution in [0.2, 0.25) is 0 Å². The van der Waals surface area contributed by atoms with Gasteiger partial charge in [-0.05, 0) is 24.1 Å². The third kappa shape index (κ3) is 5.06. The van der Waals surface area contributed by atoms with E-state index in [1.807, 2.05) is 13.8 Å². The molecule has 1 N–H and O–H groups in total. The number of amides is 1. The Morgan fingerprint density at radius 2 is 2.05 bits per heavy atom. The van der Waals surface area contributed by atoms with E-state index in [2.05, 4.69) is 0 Å². The van der Waals surface area contributed by atoms with E-state index in [9.17, 15) is 14.0 Å². The fraction of sp³-hybridized carbons (Fsp3) is 0.467. The summed E-state index contributed by atoms with van der Waals surface area (Å²) < 4.78 is 18.5. The minimum Gasteiger partial charge on any atom is -0.494 e. The summed E-state index contributed by atoms with van der Waals surface area (Å²) in [6.07, 6.45) is -0.142. The molecular weight excluding hydrogens is 277 g/mol. The molecule has 1 amide bonds. The Bertz CT molecular complexity index is 516. The number of carbonyl (C=O) groups excluding carboxylic acids is 1. The molecule has 0 saturated heterocycles. The normalized spacial score (nSPS) is 10.5. The van der Waals surface area contributed by atoms with Crippen molar-refractivity contribution in [2.24, 2.45) is 5.92 Å². The zero-order chi connectivity index (χ0) is 16.0. The number of carbonyl (C=O) groups is 2. The number of methoxy groups -OCH3 is 1. The smallest absolute Gasteiger partial charge is 0.305 e. The standard InChI is InChI=1S/C15H20FNO4/c1-10(2)9-17(7-6-14(18)19)15(20)11-4-5-13(21-3)12(16)8-11/h4-5,8,10H,6-7,9H2,1-3H3,(H,18,19). The molecule has 1 aromatic carbocycles. The van der Waals surface area contributed by atoms with Crippen molar-refractivity contribution in [3.8, 4) is 5.75 Å². The van der Waals surface area contributed by atoms with Crippen molar-refractivity contribution in [2.45, 2.75) is 20.3 Å². The molecule has 116 valence electrons. The van der Waals surface area contributed by atoms with Gasteiger partial charge in [0, 0.05) is 18.7 Å². The lowest BCUT2D eigenvalue weighted by Crippen LogP contribution is -2.36. The lowest BCUT2D eigenvalue weighted by atomic mass is 10.1. The molecule has 0 unspecified atom stereocenters. The molecule has 0 atom stereocenters. The first-order chi connectivity index (χ1) is 9.85. The third-order valence-electron chi connectivity index (χ3n) is 2.87. The molecule has 0 bridgehead atoms. The van der Waals surface area contributed by atoms with Gasteiger partial charge in [0.1, 0.15) is 0 Å². The third-order valence-corrected chi connectivity index (χ3v) is 2.87. The van der Waals surface area contributed by atoms with Gasteiger partial charge < -0.3 is 14.7 Å². The number of carboxylic acid groups (broad SMARTS) is 1. The predicted octanol–water partition coefficient (Wildman–Crippen LogP) is 2.41. The first-order valence-electron chi connectivity index (χ1n) is 6.69. The lowest BCUT2D eigenvalue weighted by Gasteiger charge is -2.24. The van der Waals surface area contributed by atoms with Crippen molar-refractivity contribution in [3.05, 3.63) is 29.6 Å². The molecule has 0 radical (unpaired) electrons. The molecule has 0 aliphatic carbocycles. The Kier molecular flexibility index (Phi) is 6.14. The molecule has 1 rings (SSSR count). The molecule has 6 heteroatoms. The second-order valence-electron chi connectivity index (χ2n) is 5.14. The molecule has 0 saturated carbocycles. The molecule has 0 aliphatic rings. The monoisotopic (exact) mass is 297 g/mol. The number of benzene rings is 1. The summed E-state index contributed by atoms with van der Waals surface area (Å²) in [4.78, 5) is 24.5. The van der Waals surface area contributed by atoms with Crippen LogP contribution in [0.25, 0.3) is 0 Å². The maximum atomic E-state index is 13.7. The Morgan fingerprint density at radius 1 is 1.38 bits per heavy atom. The highest BCUT2D eigenvalue weighted by Crippen LogP contribution is 2.19. The Morgan fingerprint density at radius 3 is 2.52 bits per heavy atom. The SMILES string of the molecule is COc1ccc(C(=O)N(CCC(=O)O)CC(C)C)cc1F. The van der Waals surface area contributed by atoms with Crippen molar-refractivity contribution >= 4 is 11.9 Å². The highest BCUT2D eigenvalue weighted by molar-refractivity contribution is 5.94. The first kappa shape index (κ1) is 16.9. The van der Waals surface area contributed by atoms with Crippen molar-refractivity contribution in [1.82, 2.24) is 4.90 Å². The zero-order valence-electron chi connectivity index (χ0n) is 12.4. The molecule has 0 aliphatic heterocycles. The van der Waals surface area contributed by atoms with Gasteiger partial charge in [-0.3, -0.25) is 9.59 Å². The van der Waals surface area contributed by atoms with Gasteiger partial charge >= 0.3 is 5.97 Å². The molecule has 1 aromatic rings. The van der Waals surface area contributed by atoms with Gasteiger partial charge in [0.2, 0.25) is 0 Å². The lowest BCUT2D eigenvalue weighted by molar-refractivity contribution is -0.137. The molecule has 0 aromatic heterocycles. The number of hydrogen-bond donors (Lipinski definition) is 1. The summed E-state index contributed by atoms with van der Waals surface area (Å²) in [6, 6.07) is 3.96. The molecule has 0 spiro atoms. The predicted molar refractivity (Wildman–Crippen MR) is 75.9 cm³/mol. The van der Waals surface area contributed by atoms with Crippen LogP contribution in [-0.2, 0) is 4.79 Å². The Labute approximate surface area is 123 Å². The Balaban J connectivity index is 2.92. The van der Waals surface area contributed by atoms with E-state index in [4.69, 9.17) is 9.84 Å². The van der Waals surface area contributed by atoms with E-state index >= 15 is 0 Å². The first-order valence-corrected chi connectivity index (χ1v) is 6.69. The van der Waals surface area contributed by atoms with Crippen LogP contribution in [0.15, 0.2) is 18.2 Å². The van der Waals surface area contributed by atoms with Gasteiger partial charge in [0.25, 0.3) is 5.91 Å². The van der Waals surface area contributed by atoms with Crippen LogP contribution in [0.4, 0.5) is 4.39 Å². The van der Waals surface area contributed by atoms with E-state index in [0.29, 0.717) is 6.54 Å². The fourth-order valence-corrected chi connectivity index (χ4v) is 1.93. The number of nitrogens with zero attached hydrogens (tertiary/aromatic N) is 1. The largest absolute Gasteiger partial charge is 0.494 e. The van der Waals surface area contributed by atoms with Gasteiger partial charge in [-0.25, -0.2) is 4.39 Å². The maximum Gasteiger partial charge on any atom is 0.305 e. The van der Waals surface area contributed by atoms with Crippen molar-refractivity contribution in [1.29, 1.82) is 0 Å². The van der Waals surface area contributed by atoms with Crippen molar-refractivity contribution in [2.75, 3.05) is 20.2 Å². The molecule has 0 heterocycles. The summed E-state index contributed by atoms with van der Waals surface area (Å²) in [5.41, 5.74) is 0.180. The number of halogens is 1. The topological polar surface area (TPSA) is 66.8 Å². The molecule has 0 fully saturated rings. The van der Waals surface area contributed by atoms with E-state index in [1.165, 1.54) is 24.1 Å². The van der Waals surface area contributed by atoms with Crippen LogP contribution in [-0.4, -0.2) is 42.1 Å². The minimum absolute atomic E-state index is 0.0625. The average molecular weight is 297 g/mol. The number of hydrogen-bond acceptors (Lipinski definition) is 3. The summed E-state index contributed by atoms with van der Waals surface area (Å²) in [5.74, 6) is -1.73. The quantitative estimate of drug-likeness (QED) is 0.839. The van der Waals surface area contributed by atoms with Gasteiger partial charge in [0.15, 0.2) is 11.6 Å². The summed E-state index contributed by atoms with van der Waals surface area (Å²) in [6.45, 7) is 4.37. The number of carboxylic acids is 1. The number of aliphatic carboxylic acids is 1. The van der Waals surface area contributed by atoms with Crippen LogP contribution < -0.4 is 4.74 Å². The zero-order valence-corrected chi connectivity index (χ0v) is 12.4. The van der Waals surface area contributed by atoms with Crippen molar-refractivity contribution < 1.29 is 23.8 Å². The molecule has 21 heavy (non-hydrogen) atoms.